The quantitative estimate of drug-likeness (QED) is 0.637. The molecule has 0 spiro atoms. The lowest BCUT2D eigenvalue weighted by Crippen LogP contribution is -2.57. The zero-order chi connectivity index (χ0) is 20.8. The average molecular weight is 476 g/mol. The number of amides is 2. The van der Waals surface area contributed by atoms with Crippen LogP contribution in [0.15, 0.2) is 24.3 Å². The number of nitrogens with zero attached hydrogens (tertiary/aromatic N) is 1. The number of alkyl halides is 1. The molecule has 1 aromatic rings. The molecule has 4 saturated carbocycles. The van der Waals surface area contributed by atoms with Crippen molar-refractivity contribution in [2.24, 2.45) is 17.3 Å². The van der Waals surface area contributed by atoms with Gasteiger partial charge in [-0.3, -0.25) is 14.5 Å². The van der Waals surface area contributed by atoms with Crippen LogP contribution in [0.5, 0.6) is 0 Å². The van der Waals surface area contributed by atoms with Gasteiger partial charge in [-0.1, -0.05) is 15.9 Å². The van der Waals surface area contributed by atoms with Gasteiger partial charge in [0, 0.05) is 28.8 Å². The van der Waals surface area contributed by atoms with Gasteiger partial charge in [0.2, 0.25) is 11.8 Å². The first-order valence-corrected chi connectivity index (χ1v) is 11.9. The number of halogens is 1. The molecule has 1 aromatic carbocycles. The predicted octanol–water partition coefficient (Wildman–Crippen LogP) is 3.63. The molecule has 5 aliphatic rings. The van der Waals surface area contributed by atoms with Crippen LogP contribution < -0.4 is 10.6 Å². The Morgan fingerprint density at radius 2 is 1.60 bits per heavy atom. The number of anilines is 2. The summed E-state index contributed by atoms with van der Waals surface area (Å²) < 4.78 is 5.49. The second kappa shape index (κ2) is 7.92. The Morgan fingerprint density at radius 3 is 2.20 bits per heavy atom. The zero-order valence-electron chi connectivity index (χ0n) is 17.3. The molecule has 1 aliphatic heterocycles. The van der Waals surface area contributed by atoms with E-state index < -0.39 is 0 Å². The van der Waals surface area contributed by atoms with E-state index >= 15 is 0 Å². The minimum absolute atomic E-state index is 0.0233. The third-order valence-electron chi connectivity index (χ3n) is 7.37. The van der Waals surface area contributed by atoms with Gasteiger partial charge < -0.3 is 15.4 Å². The smallest absolute Gasteiger partial charge is 0.238 e. The van der Waals surface area contributed by atoms with Crippen LogP contribution in [0.25, 0.3) is 0 Å². The van der Waals surface area contributed by atoms with Crippen molar-refractivity contribution in [3.8, 4) is 0 Å². The molecule has 2 amide bonds. The van der Waals surface area contributed by atoms with Crippen molar-refractivity contribution in [1.82, 2.24) is 4.90 Å². The second-order valence-corrected chi connectivity index (χ2v) is 11.5. The Bertz CT molecular complexity index is 807. The molecule has 2 N–H and O–H groups in total. The van der Waals surface area contributed by atoms with E-state index in [2.05, 4.69) is 31.5 Å². The van der Waals surface area contributed by atoms with Gasteiger partial charge in [-0.05, 0) is 74.6 Å². The first-order valence-electron chi connectivity index (χ1n) is 11.1. The van der Waals surface area contributed by atoms with E-state index in [0.717, 1.165) is 43.7 Å². The maximum Gasteiger partial charge on any atom is 0.238 e. The molecule has 6 nitrogen and oxygen atoms in total. The molecule has 4 bridgehead atoms. The summed E-state index contributed by atoms with van der Waals surface area (Å²) in [7, 11) is 0. The summed E-state index contributed by atoms with van der Waals surface area (Å²) in [5.74, 6) is 1.51. The van der Waals surface area contributed by atoms with Gasteiger partial charge in [-0.25, -0.2) is 0 Å². The van der Waals surface area contributed by atoms with E-state index in [1.807, 2.05) is 24.3 Å². The van der Waals surface area contributed by atoms with Crippen molar-refractivity contribution in [3.63, 3.8) is 0 Å². The van der Waals surface area contributed by atoms with E-state index in [9.17, 15) is 9.59 Å². The molecule has 6 rings (SSSR count). The van der Waals surface area contributed by atoms with Crippen LogP contribution in [0, 0.1) is 17.3 Å². The number of rotatable bonds is 5. The summed E-state index contributed by atoms with van der Waals surface area (Å²) in [5.41, 5.74) is 1.32. The number of hydrogen-bond donors (Lipinski definition) is 2. The number of carbonyl (C=O) groups is 2. The Hall–Kier alpha value is -1.44. The van der Waals surface area contributed by atoms with Crippen molar-refractivity contribution in [3.05, 3.63) is 24.3 Å². The van der Waals surface area contributed by atoms with Crippen LogP contribution in [0.4, 0.5) is 11.4 Å². The summed E-state index contributed by atoms with van der Waals surface area (Å²) in [6, 6.07) is 7.48. The van der Waals surface area contributed by atoms with Gasteiger partial charge in [0.25, 0.3) is 0 Å². The fourth-order valence-corrected chi connectivity index (χ4v) is 7.93. The largest absolute Gasteiger partial charge is 0.379 e. The van der Waals surface area contributed by atoms with Crippen LogP contribution in [-0.2, 0) is 14.3 Å². The number of morpholine rings is 1. The zero-order valence-corrected chi connectivity index (χ0v) is 18.9. The highest BCUT2D eigenvalue weighted by atomic mass is 79.9. The molecule has 4 aliphatic carbocycles. The molecule has 0 aromatic heterocycles. The summed E-state index contributed by atoms with van der Waals surface area (Å²) in [4.78, 5) is 27.6. The Labute approximate surface area is 186 Å². The van der Waals surface area contributed by atoms with E-state index in [-0.39, 0.29) is 21.6 Å². The van der Waals surface area contributed by atoms with Crippen molar-refractivity contribution >= 4 is 39.1 Å². The van der Waals surface area contributed by atoms with Crippen LogP contribution in [0.3, 0.4) is 0 Å². The molecule has 2 atom stereocenters. The summed E-state index contributed by atoms with van der Waals surface area (Å²) in [6.07, 6.45) is 6.74. The highest BCUT2D eigenvalue weighted by Gasteiger charge is 2.59. The first-order chi connectivity index (χ1) is 14.4. The normalized spacial score (nSPS) is 35.2. The molecule has 0 radical (unpaired) electrons. The third kappa shape index (κ3) is 4.16. The molecular formula is C23H30BrN3O3. The van der Waals surface area contributed by atoms with Crippen LogP contribution in [-0.4, -0.2) is 53.9 Å². The fourth-order valence-electron chi connectivity index (χ4n) is 6.48. The van der Waals surface area contributed by atoms with E-state index in [1.165, 1.54) is 19.3 Å². The SMILES string of the molecule is O=C(CN1CCOCC1)Nc1ccc(NC(=O)C23CC4CC(CC(Br)(C4)C2)C3)cc1. The fraction of sp³-hybridized carbons (Fsp3) is 0.652. The standard InChI is InChI=1S/C23H30BrN3O3/c24-23-12-16-9-17(13-23)11-22(10-16,15-23)21(29)26-19-3-1-18(2-4-19)25-20(28)14-27-5-7-30-8-6-27/h1-4,16-17H,5-15H2,(H,25,28)(H,26,29). The van der Waals surface area contributed by atoms with E-state index in [0.29, 0.717) is 31.6 Å². The highest BCUT2D eigenvalue weighted by Crippen LogP contribution is 2.64. The Balaban J connectivity index is 1.18. The first kappa shape index (κ1) is 20.5. The van der Waals surface area contributed by atoms with Gasteiger partial charge in [-0.15, -0.1) is 0 Å². The van der Waals surface area contributed by atoms with Crippen LogP contribution in [0.2, 0.25) is 0 Å². The maximum absolute atomic E-state index is 13.3. The maximum atomic E-state index is 13.3. The van der Waals surface area contributed by atoms with E-state index in [4.69, 9.17) is 4.74 Å². The number of nitrogens with one attached hydrogen (secondary N) is 2. The second-order valence-electron chi connectivity index (χ2n) is 9.86. The number of ether oxygens (including phenoxy) is 1. The summed E-state index contributed by atoms with van der Waals surface area (Å²) in [5, 5.41) is 6.11. The predicted molar refractivity (Wildman–Crippen MR) is 120 cm³/mol. The molecule has 1 heterocycles. The number of hydrogen-bond acceptors (Lipinski definition) is 4. The van der Waals surface area contributed by atoms with Crippen LogP contribution >= 0.6 is 15.9 Å². The third-order valence-corrected chi connectivity index (χ3v) is 8.30. The van der Waals surface area contributed by atoms with Crippen LogP contribution in [0.1, 0.15) is 38.5 Å². The Morgan fingerprint density at radius 1 is 1.00 bits per heavy atom. The minimum atomic E-state index is -0.224. The lowest BCUT2D eigenvalue weighted by molar-refractivity contribution is -0.138. The van der Waals surface area contributed by atoms with Crippen molar-refractivity contribution < 1.29 is 14.3 Å². The van der Waals surface area contributed by atoms with E-state index in [1.54, 1.807) is 0 Å². The van der Waals surface area contributed by atoms with Gasteiger partial charge >= 0.3 is 0 Å². The molecule has 7 heteroatoms. The molecule has 5 fully saturated rings. The number of carbonyl (C=O) groups excluding carboxylic acids is 2. The molecule has 2 unspecified atom stereocenters. The van der Waals surface area contributed by atoms with Gasteiger partial charge in [0.15, 0.2) is 0 Å². The van der Waals surface area contributed by atoms with Gasteiger partial charge in [0.05, 0.1) is 25.2 Å². The molecule has 1 saturated heterocycles. The van der Waals surface area contributed by atoms with Crippen molar-refractivity contribution in [1.29, 1.82) is 0 Å². The number of benzene rings is 1. The summed E-state index contributed by atoms with van der Waals surface area (Å²) in [6.45, 7) is 3.32. The summed E-state index contributed by atoms with van der Waals surface area (Å²) >= 11 is 3.98. The van der Waals surface area contributed by atoms with Crippen molar-refractivity contribution in [2.75, 3.05) is 43.5 Å². The lowest BCUT2D eigenvalue weighted by Gasteiger charge is -2.59. The van der Waals surface area contributed by atoms with Crippen molar-refractivity contribution in [2.45, 2.75) is 42.8 Å². The monoisotopic (exact) mass is 475 g/mol. The van der Waals surface area contributed by atoms with Gasteiger partial charge in [-0.2, -0.15) is 0 Å². The van der Waals surface area contributed by atoms with Gasteiger partial charge in [0.1, 0.15) is 0 Å². The minimum Gasteiger partial charge on any atom is -0.379 e. The topological polar surface area (TPSA) is 70.7 Å². The average Bonchev–Trinajstić information content (AvgIpc) is 2.68. The molecule has 162 valence electrons. The Kier molecular flexibility index (Phi) is 5.40. The molecular weight excluding hydrogens is 446 g/mol. The highest BCUT2D eigenvalue weighted by molar-refractivity contribution is 9.10. The lowest BCUT2D eigenvalue weighted by atomic mass is 9.49. The molecule has 30 heavy (non-hydrogen) atoms.